The number of nitrogens with one attached hydrogen (secondary N) is 1. The lowest BCUT2D eigenvalue weighted by molar-refractivity contribution is 0.620. The molecule has 0 radical (unpaired) electrons. The highest BCUT2D eigenvalue weighted by molar-refractivity contribution is 9.10. The number of halogens is 1. The smallest absolute Gasteiger partial charge is 0.158 e. The van der Waals surface area contributed by atoms with Crippen LogP contribution < -0.4 is 5.32 Å². The number of para-hydroxylation sites is 2. The Bertz CT molecular complexity index is 1160. The van der Waals surface area contributed by atoms with E-state index in [0.717, 1.165) is 27.2 Å². The quantitative estimate of drug-likeness (QED) is 0.381. The number of anilines is 2. The fraction of sp³-hybridized carbons (Fsp3) is 0.130. The number of furan rings is 1. The summed E-state index contributed by atoms with van der Waals surface area (Å²) in [5.41, 5.74) is 6.67. The summed E-state index contributed by atoms with van der Waals surface area (Å²) in [5.74, 6) is 1.00. The number of fused-ring (bicyclic) bond motifs is 5. The van der Waals surface area contributed by atoms with Crippen molar-refractivity contribution >= 4 is 38.3 Å². The SMILES string of the molecule is CC1(C)c2ccccc2-c2oc3c(Nc4ccccc4Br)cccc3c21. The van der Waals surface area contributed by atoms with Gasteiger partial charge in [-0.15, -0.1) is 0 Å². The Morgan fingerprint density at radius 3 is 2.42 bits per heavy atom. The van der Waals surface area contributed by atoms with Crippen LogP contribution in [0.1, 0.15) is 25.0 Å². The van der Waals surface area contributed by atoms with E-state index in [1.54, 1.807) is 0 Å². The Kier molecular flexibility index (Phi) is 3.32. The van der Waals surface area contributed by atoms with Crippen molar-refractivity contribution in [2.75, 3.05) is 5.32 Å². The van der Waals surface area contributed by atoms with Gasteiger partial charge in [0.1, 0.15) is 5.76 Å². The molecule has 0 bridgehead atoms. The van der Waals surface area contributed by atoms with Gasteiger partial charge in [0, 0.05) is 26.4 Å². The van der Waals surface area contributed by atoms with E-state index in [1.807, 2.05) is 18.2 Å². The highest BCUT2D eigenvalue weighted by atomic mass is 79.9. The van der Waals surface area contributed by atoms with Gasteiger partial charge in [0.15, 0.2) is 5.58 Å². The summed E-state index contributed by atoms with van der Waals surface area (Å²) in [6, 6.07) is 23.0. The van der Waals surface area contributed by atoms with Crippen molar-refractivity contribution in [2.24, 2.45) is 0 Å². The summed E-state index contributed by atoms with van der Waals surface area (Å²) in [6.07, 6.45) is 0. The average Bonchev–Trinajstić information content (AvgIpc) is 3.13. The van der Waals surface area contributed by atoms with E-state index in [0.29, 0.717) is 0 Å². The van der Waals surface area contributed by atoms with Crippen LogP contribution in [-0.2, 0) is 5.41 Å². The zero-order valence-electron chi connectivity index (χ0n) is 14.6. The molecular weight excluding hydrogens is 386 g/mol. The van der Waals surface area contributed by atoms with E-state index in [9.17, 15) is 0 Å². The molecule has 26 heavy (non-hydrogen) atoms. The van der Waals surface area contributed by atoms with E-state index in [1.165, 1.54) is 22.1 Å². The normalized spacial score (nSPS) is 14.3. The lowest BCUT2D eigenvalue weighted by Crippen LogP contribution is -2.14. The van der Waals surface area contributed by atoms with Crippen LogP contribution in [0.4, 0.5) is 11.4 Å². The minimum absolute atomic E-state index is 0.0663. The molecule has 1 aliphatic carbocycles. The first-order chi connectivity index (χ1) is 12.6. The second-order valence-electron chi connectivity index (χ2n) is 7.26. The van der Waals surface area contributed by atoms with Crippen molar-refractivity contribution in [1.82, 2.24) is 0 Å². The molecular formula is C23H18BrNO. The second kappa shape index (κ2) is 5.49. The van der Waals surface area contributed by atoms with Gasteiger partial charge >= 0.3 is 0 Å². The lowest BCUT2D eigenvalue weighted by atomic mass is 9.81. The molecule has 1 aliphatic rings. The molecule has 1 heterocycles. The number of hydrogen-bond donors (Lipinski definition) is 1. The fourth-order valence-electron chi connectivity index (χ4n) is 4.10. The molecule has 0 unspecified atom stereocenters. The first-order valence-corrected chi connectivity index (χ1v) is 9.54. The third-order valence-electron chi connectivity index (χ3n) is 5.33. The predicted octanol–water partition coefficient (Wildman–Crippen LogP) is 7.25. The monoisotopic (exact) mass is 403 g/mol. The van der Waals surface area contributed by atoms with Gasteiger partial charge in [0.05, 0.1) is 11.4 Å². The van der Waals surface area contributed by atoms with Gasteiger partial charge in [-0.3, -0.25) is 0 Å². The van der Waals surface area contributed by atoms with E-state index in [2.05, 4.69) is 83.6 Å². The topological polar surface area (TPSA) is 25.2 Å². The van der Waals surface area contributed by atoms with Gasteiger partial charge < -0.3 is 9.73 Å². The largest absolute Gasteiger partial charge is 0.454 e. The number of rotatable bonds is 2. The molecule has 0 atom stereocenters. The maximum absolute atomic E-state index is 6.44. The Morgan fingerprint density at radius 1 is 0.846 bits per heavy atom. The molecule has 1 N–H and O–H groups in total. The highest BCUT2D eigenvalue weighted by Crippen LogP contribution is 2.53. The van der Waals surface area contributed by atoms with Gasteiger partial charge in [-0.05, 0) is 39.7 Å². The summed E-state index contributed by atoms with van der Waals surface area (Å²) >= 11 is 3.61. The summed E-state index contributed by atoms with van der Waals surface area (Å²) in [4.78, 5) is 0. The molecule has 3 heteroatoms. The van der Waals surface area contributed by atoms with Gasteiger partial charge in [0.2, 0.25) is 0 Å². The van der Waals surface area contributed by atoms with E-state index in [4.69, 9.17) is 4.42 Å². The molecule has 128 valence electrons. The molecule has 3 aromatic carbocycles. The van der Waals surface area contributed by atoms with Gasteiger partial charge in [-0.1, -0.05) is 62.4 Å². The van der Waals surface area contributed by atoms with Crippen LogP contribution in [-0.4, -0.2) is 0 Å². The molecule has 1 aromatic heterocycles. The summed E-state index contributed by atoms with van der Waals surface area (Å²) < 4.78 is 7.47. The highest BCUT2D eigenvalue weighted by Gasteiger charge is 2.40. The van der Waals surface area contributed by atoms with Crippen molar-refractivity contribution in [3.63, 3.8) is 0 Å². The third-order valence-corrected chi connectivity index (χ3v) is 6.02. The van der Waals surface area contributed by atoms with Crippen LogP contribution >= 0.6 is 15.9 Å². The maximum atomic E-state index is 6.44. The summed E-state index contributed by atoms with van der Waals surface area (Å²) in [7, 11) is 0. The molecule has 0 fully saturated rings. The predicted molar refractivity (Wildman–Crippen MR) is 111 cm³/mol. The second-order valence-corrected chi connectivity index (χ2v) is 8.12. The lowest BCUT2D eigenvalue weighted by Gasteiger charge is -2.20. The number of benzene rings is 3. The van der Waals surface area contributed by atoms with Crippen LogP contribution in [0.25, 0.3) is 22.3 Å². The van der Waals surface area contributed by atoms with E-state index in [-0.39, 0.29) is 5.41 Å². The average molecular weight is 404 g/mol. The van der Waals surface area contributed by atoms with Crippen molar-refractivity contribution in [1.29, 1.82) is 0 Å². The summed E-state index contributed by atoms with van der Waals surface area (Å²) in [5, 5.41) is 4.69. The van der Waals surface area contributed by atoms with Crippen molar-refractivity contribution < 1.29 is 4.42 Å². The third kappa shape index (κ3) is 2.10. The van der Waals surface area contributed by atoms with Gasteiger partial charge in [0.25, 0.3) is 0 Å². The van der Waals surface area contributed by atoms with E-state index < -0.39 is 0 Å². The standard InChI is InChI=1S/C23H18BrNO/c1-23(2)16-10-4-3-8-14(16)22-20(23)15-9-7-13-19(21(15)26-22)25-18-12-6-5-11-17(18)24/h3-13,25H,1-2H3. The Labute approximate surface area is 161 Å². The first kappa shape index (κ1) is 15.7. The van der Waals surface area contributed by atoms with E-state index >= 15 is 0 Å². The van der Waals surface area contributed by atoms with Crippen molar-refractivity contribution in [2.45, 2.75) is 19.3 Å². The molecule has 0 saturated carbocycles. The molecule has 0 amide bonds. The molecule has 0 aliphatic heterocycles. The maximum Gasteiger partial charge on any atom is 0.158 e. The zero-order valence-corrected chi connectivity index (χ0v) is 16.2. The Morgan fingerprint density at radius 2 is 1.58 bits per heavy atom. The van der Waals surface area contributed by atoms with Gasteiger partial charge in [-0.2, -0.15) is 0 Å². The summed E-state index contributed by atoms with van der Waals surface area (Å²) in [6.45, 7) is 4.56. The van der Waals surface area contributed by atoms with Crippen LogP contribution in [0.3, 0.4) is 0 Å². The Balaban J connectivity index is 1.74. The van der Waals surface area contributed by atoms with Crippen molar-refractivity contribution in [3.05, 3.63) is 82.3 Å². The Hall–Kier alpha value is -2.52. The molecule has 4 aromatic rings. The zero-order chi connectivity index (χ0) is 17.9. The minimum atomic E-state index is -0.0663. The van der Waals surface area contributed by atoms with Crippen LogP contribution in [0.5, 0.6) is 0 Å². The molecule has 2 nitrogen and oxygen atoms in total. The molecule has 0 saturated heterocycles. The fourth-order valence-corrected chi connectivity index (χ4v) is 4.48. The molecule has 0 spiro atoms. The van der Waals surface area contributed by atoms with Crippen LogP contribution in [0.2, 0.25) is 0 Å². The van der Waals surface area contributed by atoms with Gasteiger partial charge in [-0.25, -0.2) is 0 Å². The minimum Gasteiger partial charge on any atom is -0.454 e. The first-order valence-electron chi connectivity index (χ1n) is 8.75. The number of hydrogen-bond acceptors (Lipinski definition) is 2. The van der Waals surface area contributed by atoms with Crippen LogP contribution in [0, 0.1) is 0 Å². The van der Waals surface area contributed by atoms with Crippen LogP contribution in [0.15, 0.2) is 75.6 Å². The van der Waals surface area contributed by atoms with Crippen molar-refractivity contribution in [3.8, 4) is 11.3 Å². The molecule has 5 rings (SSSR count).